The van der Waals surface area contributed by atoms with Gasteiger partial charge in [-0.15, -0.1) is 0 Å². The zero-order valence-corrected chi connectivity index (χ0v) is 6.24. The summed E-state index contributed by atoms with van der Waals surface area (Å²) in [4.78, 5) is 11.1. The third-order valence-electron chi connectivity index (χ3n) is 1.58. The Bertz CT molecular complexity index is 431. The largest absolute Gasteiger partial charge is 0.412 e. The van der Waals surface area contributed by atoms with Crippen molar-refractivity contribution in [3.8, 4) is 0 Å². The molecule has 0 saturated carbocycles. The van der Waals surface area contributed by atoms with Gasteiger partial charge in [-0.3, -0.25) is 4.79 Å². The van der Waals surface area contributed by atoms with E-state index in [1.54, 1.807) is 12.3 Å². The number of nitrogens with one attached hydrogen (secondary N) is 1. The Hall–Kier alpha value is -1.68. The second-order valence-electron chi connectivity index (χ2n) is 2.29. The van der Waals surface area contributed by atoms with E-state index in [1.807, 2.05) is 18.2 Å². The maximum absolute atomic E-state index is 11.1. The molecule has 4 nitrogen and oxygen atoms in total. The minimum atomic E-state index is -0.136. The van der Waals surface area contributed by atoms with Gasteiger partial charge in [0.05, 0.1) is 6.20 Å². The Morgan fingerprint density at radius 1 is 1.25 bits per heavy atom. The number of aromatic amines is 1. The van der Waals surface area contributed by atoms with E-state index >= 15 is 0 Å². The molecule has 0 aliphatic carbocycles. The van der Waals surface area contributed by atoms with E-state index in [-0.39, 0.29) is 11.0 Å². The van der Waals surface area contributed by atoms with Crippen molar-refractivity contribution in [2.24, 2.45) is 0 Å². The molecule has 3 N–H and O–H groups in total. The van der Waals surface area contributed by atoms with Gasteiger partial charge in [-0.1, -0.05) is 18.2 Å². The van der Waals surface area contributed by atoms with Crippen molar-refractivity contribution >= 4 is 10.8 Å². The van der Waals surface area contributed by atoms with Gasteiger partial charge in [0.15, 0.2) is 0 Å². The summed E-state index contributed by atoms with van der Waals surface area (Å²) >= 11 is 0. The predicted molar refractivity (Wildman–Crippen MR) is 46.0 cm³/mol. The molecule has 1 heterocycles. The van der Waals surface area contributed by atoms with Crippen LogP contribution in [0.15, 0.2) is 35.3 Å². The van der Waals surface area contributed by atoms with Gasteiger partial charge in [-0.25, -0.2) is 5.10 Å². The van der Waals surface area contributed by atoms with Gasteiger partial charge < -0.3 is 5.48 Å². The summed E-state index contributed by atoms with van der Waals surface area (Å²) in [6.45, 7) is 0. The van der Waals surface area contributed by atoms with Crippen LogP contribution in [0, 0.1) is 0 Å². The van der Waals surface area contributed by atoms with Crippen LogP contribution in [-0.4, -0.2) is 15.7 Å². The lowest BCUT2D eigenvalue weighted by Crippen LogP contribution is -2.06. The molecule has 2 aromatic rings. The molecule has 0 atom stereocenters. The van der Waals surface area contributed by atoms with Gasteiger partial charge in [0.25, 0.3) is 5.56 Å². The fourth-order valence-electron chi connectivity index (χ4n) is 1.04. The third-order valence-corrected chi connectivity index (χ3v) is 1.58. The molecule has 0 saturated heterocycles. The lowest BCUT2D eigenvalue weighted by Gasteiger charge is -1.91. The predicted octanol–water partition coefficient (Wildman–Crippen LogP) is 0.0984. The first-order valence-corrected chi connectivity index (χ1v) is 3.30. The van der Waals surface area contributed by atoms with Crippen LogP contribution in [0.25, 0.3) is 10.8 Å². The first-order valence-electron chi connectivity index (χ1n) is 3.30. The molecule has 0 fully saturated rings. The fourth-order valence-corrected chi connectivity index (χ4v) is 1.04. The van der Waals surface area contributed by atoms with Gasteiger partial charge in [-0.05, 0) is 6.07 Å². The SMILES string of the molecule is O.O=c1[nH]ncc2ccccc12. The highest BCUT2D eigenvalue weighted by atomic mass is 16.1. The highest BCUT2D eigenvalue weighted by Gasteiger charge is 1.93. The summed E-state index contributed by atoms with van der Waals surface area (Å²) in [5, 5.41) is 7.60. The third kappa shape index (κ3) is 1.19. The highest BCUT2D eigenvalue weighted by Crippen LogP contribution is 2.04. The van der Waals surface area contributed by atoms with Crippen molar-refractivity contribution in [1.29, 1.82) is 0 Å². The quantitative estimate of drug-likeness (QED) is 0.599. The normalized spacial score (nSPS) is 9.33. The zero-order chi connectivity index (χ0) is 7.68. The van der Waals surface area contributed by atoms with E-state index in [2.05, 4.69) is 10.2 Å². The van der Waals surface area contributed by atoms with Gasteiger partial charge in [0.2, 0.25) is 0 Å². The monoisotopic (exact) mass is 164 g/mol. The molecule has 0 unspecified atom stereocenters. The number of nitrogens with zero attached hydrogens (tertiary/aromatic N) is 1. The fraction of sp³-hybridized carbons (Fsp3) is 0. The number of hydrogen-bond acceptors (Lipinski definition) is 2. The molecule has 2 rings (SSSR count). The molecule has 4 heteroatoms. The molecule has 1 aromatic carbocycles. The number of fused-ring (bicyclic) bond motifs is 1. The molecule has 0 aliphatic rings. The number of hydrogen-bond donors (Lipinski definition) is 1. The molecule has 0 amide bonds. The zero-order valence-electron chi connectivity index (χ0n) is 6.24. The summed E-state index contributed by atoms with van der Waals surface area (Å²) in [6, 6.07) is 7.34. The molecule has 0 bridgehead atoms. The van der Waals surface area contributed by atoms with Crippen molar-refractivity contribution < 1.29 is 5.48 Å². The maximum Gasteiger partial charge on any atom is 0.272 e. The van der Waals surface area contributed by atoms with E-state index in [9.17, 15) is 4.79 Å². The van der Waals surface area contributed by atoms with Crippen LogP contribution in [0.3, 0.4) is 0 Å². The van der Waals surface area contributed by atoms with Gasteiger partial charge >= 0.3 is 0 Å². The molecular formula is C8H8N2O2. The van der Waals surface area contributed by atoms with Crippen LogP contribution in [0.5, 0.6) is 0 Å². The van der Waals surface area contributed by atoms with Gasteiger partial charge in [-0.2, -0.15) is 5.10 Å². The van der Waals surface area contributed by atoms with Crippen LogP contribution in [-0.2, 0) is 0 Å². The Labute approximate surface area is 68.2 Å². The summed E-state index contributed by atoms with van der Waals surface area (Å²) < 4.78 is 0. The van der Waals surface area contributed by atoms with E-state index in [0.29, 0.717) is 5.39 Å². The Morgan fingerprint density at radius 3 is 2.75 bits per heavy atom. The Morgan fingerprint density at radius 2 is 2.00 bits per heavy atom. The molecule has 0 radical (unpaired) electrons. The Kier molecular flexibility index (Phi) is 2.21. The first kappa shape index (κ1) is 8.42. The van der Waals surface area contributed by atoms with Crippen molar-refractivity contribution in [2.75, 3.05) is 0 Å². The topological polar surface area (TPSA) is 77.2 Å². The van der Waals surface area contributed by atoms with E-state index < -0.39 is 0 Å². The second-order valence-corrected chi connectivity index (χ2v) is 2.29. The molecule has 1 aromatic heterocycles. The van der Waals surface area contributed by atoms with Crippen LogP contribution in [0.1, 0.15) is 0 Å². The summed E-state index contributed by atoms with van der Waals surface area (Å²) in [5.41, 5.74) is -0.136. The number of benzene rings is 1. The summed E-state index contributed by atoms with van der Waals surface area (Å²) in [7, 11) is 0. The molecular weight excluding hydrogens is 156 g/mol. The second kappa shape index (κ2) is 3.15. The highest BCUT2D eigenvalue weighted by molar-refractivity contribution is 5.80. The van der Waals surface area contributed by atoms with E-state index in [0.717, 1.165) is 5.39 Å². The van der Waals surface area contributed by atoms with Gasteiger partial charge in [0.1, 0.15) is 0 Å². The number of rotatable bonds is 0. The van der Waals surface area contributed by atoms with Crippen molar-refractivity contribution in [2.45, 2.75) is 0 Å². The standard InChI is InChI=1S/C8H6N2O.H2O/c11-8-7-4-2-1-3-6(7)5-9-10-8;/h1-5H,(H,10,11);1H2. The number of H-pyrrole nitrogens is 1. The molecule has 12 heavy (non-hydrogen) atoms. The van der Waals surface area contributed by atoms with Gasteiger partial charge in [0, 0.05) is 10.8 Å². The molecule has 62 valence electrons. The average Bonchev–Trinajstić information content (AvgIpc) is 2.06. The number of aromatic nitrogens is 2. The Balaban J connectivity index is 0.000000720. The van der Waals surface area contributed by atoms with Crippen molar-refractivity contribution in [3.63, 3.8) is 0 Å². The van der Waals surface area contributed by atoms with Crippen LogP contribution in [0.2, 0.25) is 0 Å². The lowest BCUT2D eigenvalue weighted by atomic mass is 10.2. The van der Waals surface area contributed by atoms with E-state index in [4.69, 9.17) is 0 Å². The lowest BCUT2D eigenvalue weighted by molar-refractivity contribution is 0.824. The maximum atomic E-state index is 11.1. The first-order chi connectivity index (χ1) is 5.38. The smallest absolute Gasteiger partial charge is 0.272 e. The average molecular weight is 164 g/mol. The van der Waals surface area contributed by atoms with Crippen LogP contribution in [0.4, 0.5) is 0 Å². The molecule has 0 spiro atoms. The summed E-state index contributed by atoms with van der Waals surface area (Å²) in [5.74, 6) is 0. The molecule has 0 aliphatic heterocycles. The van der Waals surface area contributed by atoms with Crippen LogP contribution < -0.4 is 5.56 Å². The minimum Gasteiger partial charge on any atom is -0.412 e. The minimum absolute atomic E-state index is 0. The van der Waals surface area contributed by atoms with Crippen molar-refractivity contribution in [3.05, 3.63) is 40.8 Å². The van der Waals surface area contributed by atoms with E-state index in [1.165, 1.54) is 0 Å². The van der Waals surface area contributed by atoms with Crippen molar-refractivity contribution in [1.82, 2.24) is 10.2 Å². The van der Waals surface area contributed by atoms with Crippen LogP contribution >= 0.6 is 0 Å². The summed E-state index contributed by atoms with van der Waals surface area (Å²) in [6.07, 6.45) is 1.64.